The van der Waals surface area contributed by atoms with Crippen LogP contribution in [0.5, 0.6) is 0 Å². The zero-order valence-electron chi connectivity index (χ0n) is 7.96. The summed E-state index contributed by atoms with van der Waals surface area (Å²) in [6.45, 7) is 5.61. The van der Waals surface area contributed by atoms with E-state index in [1.54, 1.807) is 6.92 Å². The summed E-state index contributed by atoms with van der Waals surface area (Å²) in [6, 6.07) is 1.89. The van der Waals surface area contributed by atoms with Gasteiger partial charge in [-0.15, -0.1) is 0 Å². The summed E-state index contributed by atoms with van der Waals surface area (Å²) in [6.07, 6.45) is 0. The van der Waals surface area contributed by atoms with Crippen LogP contribution in [0.25, 0.3) is 0 Å². The Balaban J connectivity index is 2.26. The predicted molar refractivity (Wildman–Crippen MR) is 46.7 cm³/mol. The highest BCUT2D eigenvalue weighted by molar-refractivity contribution is 5.80. The van der Waals surface area contributed by atoms with Crippen LogP contribution in [0.15, 0.2) is 0 Å². The number of hydrogen-bond acceptors (Lipinski definition) is 3. The SMILES string of the molecule is CC(C#N)C(=O)NCC1(C)COC1. The molecule has 0 aromatic carbocycles. The number of nitrogens with zero attached hydrogens (tertiary/aromatic N) is 1. The zero-order valence-corrected chi connectivity index (χ0v) is 7.96. The maximum Gasteiger partial charge on any atom is 0.237 e. The van der Waals surface area contributed by atoms with Crippen molar-refractivity contribution < 1.29 is 9.53 Å². The first-order valence-electron chi connectivity index (χ1n) is 4.32. The van der Waals surface area contributed by atoms with Crippen LogP contribution in [0.1, 0.15) is 13.8 Å². The molecule has 0 aromatic heterocycles. The first-order valence-corrected chi connectivity index (χ1v) is 4.32. The van der Waals surface area contributed by atoms with Crippen LogP contribution in [0.3, 0.4) is 0 Å². The fourth-order valence-corrected chi connectivity index (χ4v) is 1.06. The van der Waals surface area contributed by atoms with Gasteiger partial charge in [0.05, 0.1) is 19.3 Å². The average Bonchev–Trinajstić information content (AvgIpc) is 2.09. The van der Waals surface area contributed by atoms with Gasteiger partial charge in [0.25, 0.3) is 0 Å². The van der Waals surface area contributed by atoms with Crippen LogP contribution in [0, 0.1) is 22.7 Å². The topological polar surface area (TPSA) is 62.1 Å². The highest BCUT2D eigenvalue weighted by Gasteiger charge is 2.33. The molecule has 1 fully saturated rings. The molecule has 1 heterocycles. The summed E-state index contributed by atoms with van der Waals surface area (Å²) in [5, 5.41) is 11.2. The smallest absolute Gasteiger partial charge is 0.237 e. The summed E-state index contributed by atoms with van der Waals surface area (Å²) >= 11 is 0. The number of carbonyl (C=O) groups is 1. The van der Waals surface area contributed by atoms with Crippen LogP contribution >= 0.6 is 0 Å². The summed E-state index contributed by atoms with van der Waals surface area (Å²) in [4.78, 5) is 11.2. The minimum absolute atomic E-state index is 0.0742. The second-order valence-corrected chi connectivity index (χ2v) is 3.87. The molecule has 1 rings (SSSR count). The third-order valence-corrected chi connectivity index (χ3v) is 2.18. The van der Waals surface area contributed by atoms with Gasteiger partial charge in [0.15, 0.2) is 0 Å². The van der Waals surface area contributed by atoms with Crippen molar-refractivity contribution >= 4 is 5.91 Å². The van der Waals surface area contributed by atoms with Gasteiger partial charge in [0.2, 0.25) is 5.91 Å². The molecule has 13 heavy (non-hydrogen) atoms. The molecular weight excluding hydrogens is 168 g/mol. The lowest BCUT2D eigenvalue weighted by Gasteiger charge is -2.38. The normalized spacial score (nSPS) is 21.0. The molecule has 4 nitrogen and oxygen atoms in total. The van der Waals surface area contributed by atoms with Crippen molar-refractivity contribution in [3.05, 3.63) is 0 Å². The monoisotopic (exact) mass is 182 g/mol. The minimum Gasteiger partial charge on any atom is -0.380 e. The van der Waals surface area contributed by atoms with E-state index < -0.39 is 5.92 Å². The number of hydrogen-bond donors (Lipinski definition) is 1. The summed E-state index contributed by atoms with van der Waals surface area (Å²) < 4.78 is 5.04. The molecule has 4 heteroatoms. The molecule has 1 aliphatic heterocycles. The van der Waals surface area contributed by atoms with E-state index in [9.17, 15) is 4.79 Å². The highest BCUT2D eigenvalue weighted by Crippen LogP contribution is 2.25. The molecule has 0 aliphatic carbocycles. The lowest BCUT2D eigenvalue weighted by molar-refractivity contribution is -0.128. The van der Waals surface area contributed by atoms with Crippen molar-refractivity contribution in [3.8, 4) is 6.07 Å². The minimum atomic E-state index is -0.565. The Hall–Kier alpha value is -1.08. The van der Waals surface area contributed by atoms with Gasteiger partial charge < -0.3 is 10.1 Å². The fraction of sp³-hybridized carbons (Fsp3) is 0.778. The van der Waals surface area contributed by atoms with Crippen molar-refractivity contribution in [2.24, 2.45) is 11.3 Å². The quantitative estimate of drug-likeness (QED) is 0.682. The maximum atomic E-state index is 11.2. The number of ether oxygens (including phenoxy) is 1. The fourth-order valence-electron chi connectivity index (χ4n) is 1.06. The van der Waals surface area contributed by atoms with Gasteiger partial charge in [-0.1, -0.05) is 6.92 Å². The van der Waals surface area contributed by atoms with Gasteiger partial charge in [-0.2, -0.15) is 5.26 Å². The molecule has 0 bridgehead atoms. The van der Waals surface area contributed by atoms with E-state index in [-0.39, 0.29) is 11.3 Å². The van der Waals surface area contributed by atoms with Crippen molar-refractivity contribution in [2.75, 3.05) is 19.8 Å². The van der Waals surface area contributed by atoms with Crippen molar-refractivity contribution in [2.45, 2.75) is 13.8 Å². The van der Waals surface area contributed by atoms with Crippen molar-refractivity contribution in [3.63, 3.8) is 0 Å². The van der Waals surface area contributed by atoms with Crippen LogP contribution < -0.4 is 5.32 Å². The van der Waals surface area contributed by atoms with Gasteiger partial charge in [0.1, 0.15) is 5.92 Å². The lowest BCUT2D eigenvalue weighted by Crippen LogP contribution is -2.49. The molecule has 72 valence electrons. The number of amides is 1. The zero-order chi connectivity index (χ0) is 9.90. The van der Waals surface area contributed by atoms with E-state index in [0.717, 1.165) is 0 Å². The van der Waals surface area contributed by atoms with Crippen LogP contribution in [-0.2, 0) is 9.53 Å². The molecule has 0 aromatic rings. The van der Waals surface area contributed by atoms with E-state index in [1.807, 2.05) is 13.0 Å². The highest BCUT2D eigenvalue weighted by atomic mass is 16.5. The Labute approximate surface area is 77.9 Å². The van der Waals surface area contributed by atoms with E-state index in [1.165, 1.54) is 0 Å². The first-order chi connectivity index (χ1) is 6.07. The maximum absolute atomic E-state index is 11.2. The molecule has 1 aliphatic rings. The third-order valence-electron chi connectivity index (χ3n) is 2.18. The summed E-state index contributed by atoms with van der Waals surface area (Å²) in [5.74, 6) is -0.764. The molecule has 1 unspecified atom stereocenters. The second-order valence-electron chi connectivity index (χ2n) is 3.87. The number of carbonyl (C=O) groups excluding carboxylic acids is 1. The van der Waals surface area contributed by atoms with Crippen LogP contribution in [0.2, 0.25) is 0 Å². The Morgan fingerprint density at radius 2 is 2.38 bits per heavy atom. The van der Waals surface area contributed by atoms with Crippen molar-refractivity contribution in [1.29, 1.82) is 5.26 Å². The van der Waals surface area contributed by atoms with Gasteiger partial charge in [-0.3, -0.25) is 4.79 Å². The molecule has 1 saturated heterocycles. The Bertz CT molecular complexity index is 240. The number of nitrogens with one attached hydrogen (secondary N) is 1. The molecule has 1 N–H and O–H groups in total. The largest absolute Gasteiger partial charge is 0.380 e. The van der Waals surface area contributed by atoms with Gasteiger partial charge in [-0.25, -0.2) is 0 Å². The standard InChI is InChI=1S/C9H14N2O2/c1-7(3-10)8(12)11-4-9(2)5-13-6-9/h7H,4-6H2,1-2H3,(H,11,12). The van der Waals surface area contributed by atoms with Gasteiger partial charge >= 0.3 is 0 Å². The number of rotatable bonds is 3. The van der Waals surface area contributed by atoms with E-state index >= 15 is 0 Å². The van der Waals surface area contributed by atoms with Crippen LogP contribution in [-0.4, -0.2) is 25.7 Å². The Morgan fingerprint density at radius 3 is 2.77 bits per heavy atom. The third kappa shape index (κ3) is 2.43. The molecule has 1 amide bonds. The molecule has 1 atom stereocenters. The van der Waals surface area contributed by atoms with E-state index in [4.69, 9.17) is 10.00 Å². The Kier molecular flexibility index (Phi) is 2.89. The lowest BCUT2D eigenvalue weighted by atomic mass is 9.88. The Morgan fingerprint density at radius 1 is 1.77 bits per heavy atom. The van der Waals surface area contributed by atoms with Gasteiger partial charge in [-0.05, 0) is 6.92 Å². The molecule has 0 radical (unpaired) electrons. The molecular formula is C9H14N2O2. The molecule has 0 saturated carbocycles. The average molecular weight is 182 g/mol. The predicted octanol–water partition coefficient (Wildman–Crippen LogP) is 0.299. The van der Waals surface area contributed by atoms with Gasteiger partial charge in [0, 0.05) is 12.0 Å². The summed E-state index contributed by atoms with van der Waals surface area (Å²) in [7, 11) is 0. The molecule has 0 spiro atoms. The van der Waals surface area contributed by atoms with Crippen LogP contribution in [0.4, 0.5) is 0 Å². The van der Waals surface area contributed by atoms with E-state index in [2.05, 4.69) is 5.32 Å². The van der Waals surface area contributed by atoms with E-state index in [0.29, 0.717) is 19.8 Å². The number of nitriles is 1. The second kappa shape index (κ2) is 3.75. The summed E-state index contributed by atoms with van der Waals surface area (Å²) in [5.41, 5.74) is 0.0742. The first kappa shape index (κ1) is 10.0. The van der Waals surface area contributed by atoms with Crippen molar-refractivity contribution in [1.82, 2.24) is 5.32 Å².